The summed E-state index contributed by atoms with van der Waals surface area (Å²) in [5.41, 5.74) is 3.48. The fourth-order valence-corrected chi connectivity index (χ4v) is 2.87. The highest BCUT2D eigenvalue weighted by molar-refractivity contribution is 14.0. The van der Waals surface area contributed by atoms with Crippen LogP contribution >= 0.6 is 24.0 Å². The first-order valence-corrected chi connectivity index (χ1v) is 9.43. The third-order valence-electron chi connectivity index (χ3n) is 4.42. The smallest absolute Gasteiger partial charge is 0.231 e. The lowest BCUT2D eigenvalue weighted by Gasteiger charge is -2.13. The van der Waals surface area contributed by atoms with Crippen LogP contribution in [0.4, 0.5) is 5.69 Å². The number of aliphatic imine (C=N–C) groups is 1. The number of nitrogens with one attached hydrogen (secondary N) is 3. The molecule has 0 saturated heterocycles. The first kappa shape index (κ1) is 23.1. The van der Waals surface area contributed by atoms with E-state index in [1.54, 1.807) is 14.2 Å². The third kappa shape index (κ3) is 7.28. The van der Waals surface area contributed by atoms with Crippen molar-refractivity contribution in [2.45, 2.75) is 13.0 Å². The first-order valence-electron chi connectivity index (χ1n) is 9.43. The third-order valence-corrected chi connectivity index (χ3v) is 4.42. The lowest BCUT2D eigenvalue weighted by Crippen LogP contribution is -2.37. The van der Waals surface area contributed by atoms with Gasteiger partial charge in [-0.1, -0.05) is 18.2 Å². The maximum absolute atomic E-state index is 5.42. The van der Waals surface area contributed by atoms with Crippen LogP contribution in [0.3, 0.4) is 0 Å². The molecule has 0 radical (unpaired) electrons. The monoisotopic (exact) mass is 512 g/mol. The molecule has 0 unspecified atom stereocenters. The van der Waals surface area contributed by atoms with Crippen molar-refractivity contribution in [3.8, 4) is 11.5 Å². The lowest BCUT2D eigenvalue weighted by molar-refractivity contribution is 0.174. The Morgan fingerprint density at radius 1 is 1.00 bits per heavy atom. The molecule has 3 N–H and O–H groups in total. The maximum Gasteiger partial charge on any atom is 0.231 e. The summed E-state index contributed by atoms with van der Waals surface area (Å²) >= 11 is 0. The number of hydrogen-bond donors (Lipinski definition) is 3. The number of ether oxygens (including phenoxy) is 3. The van der Waals surface area contributed by atoms with Crippen LogP contribution in [-0.4, -0.2) is 46.6 Å². The SMILES string of the molecule is CN=C(NCCc1ccc2c(c1)OCO2)NCc1ccc(NCCOC)cc1.I. The Morgan fingerprint density at radius 2 is 1.76 bits per heavy atom. The van der Waals surface area contributed by atoms with E-state index in [-0.39, 0.29) is 24.0 Å². The number of hydrogen-bond acceptors (Lipinski definition) is 5. The van der Waals surface area contributed by atoms with Crippen LogP contribution in [0.15, 0.2) is 47.5 Å². The summed E-state index contributed by atoms with van der Waals surface area (Å²) in [5.74, 6) is 2.41. The number of halogens is 1. The number of methoxy groups -OCH3 is 1. The molecule has 29 heavy (non-hydrogen) atoms. The van der Waals surface area contributed by atoms with Crippen molar-refractivity contribution in [2.24, 2.45) is 4.99 Å². The Labute approximate surface area is 189 Å². The van der Waals surface area contributed by atoms with Gasteiger partial charge in [0, 0.05) is 39.5 Å². The highest BCUT2D eigenvalue weighted by Gasteiger charge is 2.12. The molecule has 2 aromatic carbocycles. The van der Waals surface area contributed by atoms with Crippen LogP contribution in [0.2, 0.25) is 0 Å². The summed E-state index contributed by atoms with van der Waals surface area (Å²) in [4.78, 5) is 4.28. The van der Waals surface area contributed by atoms with Crippen molar-refractivity contribution in [3.05, 3.63) is 53.6 Å². The molecular formula is C21H29IN4O3. The second-order valence-electron chi connectivity index (χ2n) is 6.41. The quantitative estimate of drug-likeness (QED) is 0.208. The van der Waals surface area contributed by atoms with Gasteiger partial charge in [0.05, 0.1) is 6.61 Å². The molecule has 3 rings (SSSR count). The van der Waals surface area contributed by atoms with Crippen LogP contribution < -0.4 is 25.4 Å². The molecule has 1 heterocycles. The molecule has 0 saturated carbocycles. The van der Waals surface area contributed by atoms with E-state index in [2.05, 4.69) is 51.3 Å². The molecule has 0 amide bonds. The normalized spacial score (nSPS) is 12.3. The molecular weight excluding hydrogens is 483 g/mol. The molecule has 0 fully saturated rings. The zero-order chi connectivity index (χ0) is 19.6. The van der Waals surface area contributed by atoms with Gasteiger partial charge in [0.1, 0.15) is 0 Å². The summed E-state index contributed by atoms with van der Waals surface area (Å²) < 4.78 is 15.8. The number of guanidine groups is 1. The Kier molecular flexibility index (Phi) is 9.85. The summed E-state index contributed by atoms with van der Waals surface area (Å²) in [6.45, 7) is 3.28. The topological polar surface area (TPSA) is 76.1 Å². The minimum Gasteiger partial charge on any atom is -0.454 e. The second kappa shape index (κ2) is 12.4. The summed E-state index contributed by atoms with van der Waals surface area (Å²) in [6.07, 6.45) is 0.874. The van der Waals surface area contributed by atoms with Crippen molar-refractivity contribution in [2.75, 3.05) is 46.0 Å². The standard InChI is InChI=1S/C21H28N4O3.HI/c1-22-21(24-10-9-16-5-8-19-20(13-16)28-15-27-19)25-14-17-3-6-18(7-4-17)23-11-12-26-2;/h3-8,13,23H,9-12,14-15H2,1-2H3,(H2,22,24,25);1H. The van der Waals surface area contributed by atoms with Crippen LogP contribution in [0.25, 0.3) is 0 Å². The van der Waals surface area contributed by atoms with E-state index >= 15 is 0 Å². The zero-order valence-electron chi connectivity index (χ0n) is 16.9. The number of benzene rings is 2. The molecule has 0 aliphatic carbocycles. The zero-order valence-corrected chi connectivity index (χ0v) is 19.2. The second-order valence-corrected chi connectivity index (χ2v) is 6.41. The van der Waals surface area contributed by atoms with Crippen LogP contribution in [0, 0.1) is 0 Å². The average molecular weight is 512 g/mol. The van der Waals surface area contributed by atoms with Crippen LogP contribution in [0.1, 0.15) is 11.1 Å². The number of nitrogens with zero attached hydrogens (tertiary/aromatic N) is 1. The van der Waals surface area contributed by atoms with Gasteiger partial charge < -0.3 is 30.2 Å². The number of anilines is 1. The highest BCUT2D eigenvalue weighted by Crippen LogP contribution is 2.32. The lowest BCUT2D eigenvalue weighted by atomic mass is 10.1. The van der Waals surface area contributed by atoms with Crippen molar-refractivity contribution >= 4 is 35.6 Å². The molecule has 0 spiro atoms. The fraction of sp³-hybridized carbons (Fsp3) is 0.381. The molecule has 2 aromatic rings. The first-order chi connectivity index (χ1) is 13.8. The van der Waals surface area contributed by atoms with Gasteiger partial charge in [0.25, 0.3) is 0 Å². The van der Waals surface area contributed by atoms with E-state index < -0.39 is 0 Å². The summed E-state index contributed by atoms with van der Waals surface area (Å²) in [7, 11) is 3.48. The Morgan fingerprint density at radius 3 is 2.52 bits per heavy atom. The van der Waals surface area contributed by atoms with Gasteiger partial charge in [0.2, 0.25) is 6.79 Å². The van der Waals surface area contributed by atoms with E-state index in [9.17, 15) is 0 Å². The van der Waals surface area contributed by atoms with E-state index in [1.807, 2.05) is 12.1 Å². The summed E-state index contributed by atoms with van der Waals surface area (Å²) in [5, 5.41) is 9.99. The van der Waals surface area contributed by atoms with E-state index in [0.29, 0.717) is 19.9 Å². The van der Waals surface area contributed by atoms with Gasteiger partial charge in [-0.25, -0.2) is 0 Å². The molecule has 158 valence electrons. The largest absolute Gasteiger partial charge is 0.454 e. The molecule has 0 bridgehead atoms. The highest BCUT2D eigenvalue weighted by atomic mass is 127. The number of fused-ring (bicyclic) bond motifs is 1. The van der Waals surface area contributed by atoms with Gasteiger partial charge in [-0.3, -0.25) is 4.99 Å². The molecule has 1 aliphatic heterocycles. The van der Waals surface area contributed by atoms with Crippen molar-refractivity contribution < 1.29 is 14.2 Å². The maximum atomic E-state index is 5.42. The minimum atomic E-state index is 0. The Hall–Kier alpha value is -2.20. The molecule has 8 heteroatoms. The fourth-order valence-electron chi connectivity index (χ4n) is 2.87. The van der Waals surface area contributed by atoms with Gasteiger partial charge in [-0.15, -0.1) is 24.0 Å². The summed E-state index contributed by atoms with van der Waals surface area (Å²) in [6, 6.07) is 14.4. The van der Waals surface area contributed by atoms with Crippen molar-refractivity contribution in [1.82, 2.24) is 10.6 Å². The minimum absolute atomic E-state index is 0. The molecule has 0 atom stereocenters. The van der Waals surface area contributed by atoms with E-state index in [4.69, 9.17) is 14.2 Å². The molecule has 7 nitrogen and oxygen atoms in total. The van der Waals surface area contributed by atoms with E-state index in [1.165, 1.54) is 11.1 Å². The number of rotatable bonds is 9. The van der Waals surface area contributed by atoms with Gasteiger partial charge in [-0.05, 0) is 41.8 Å². The van der Waals surface area contributed by atoms with Gasteiger partial charge in [0.15, 0.2) is 17.5 Å². The predicted molar refractivity (Wildman–Crippen MR) is 127 cm³/mol. The van der Waals surface area contributed by atoms with Gasteiger partial charge >= 0.3 is 0 Å². The Balaban J connectivity index is 0.00000300. The average Bonchev–Trinajstić information content (AvgIpc) is 3.19. The molecule has 0 aromatic heterocycles. The van der Waals surface area contributed by atoms with Gasteiger partial charge in [-0.2, -0.15) is 0 Å². The predicted octanol–water partition coefficient (Wildman–Crippen LogP) is 3.00. The molecule has 1 aliphatic rings. The van der Waals surface area contributed by atoms with Crippen molar-refractivity contribution in [1.29, 1.82) is 0 Å². The van der Waals surface area contributed by atoms with Crippen molar-refractivity contribution in [3.63, 3.8) is 0 Å². The Bertz CT molecular complexity index is 784. The van der Waals surface area contributed by atoms with Crippen LogP contribution in [0.5, 0.6) is 11.5 Å². The van der Waals surface area contributed by atoms with Crippen LogP contribution in [-0.2, 0) is 17.7 Å². The van der Waals surface area contributed by atoms with E-state index in [0.717, 1.165) is 42.7 Å².